The number of rotatable bonds is 8. The Morgan fingerprint density at radius 1 is 1.00 bits per heavy atom. The average Bonchev–Trinajstić information content (AvgIpc) is 3.20. The molecule has 3 aromatic carbocycles. The van der Waals surface area contributed by atoms with Crippen molar-refractivity contribution in [1.82, 2.24) is 4.90 Å². The van der Waals surface area contributed by atoms with Crippen LogP contribution in [0, 0.1) is 0 Å². The van der Waals surface area contributed by atoms with Gasteiger partial charge >= 0.3 is 0 Å². The lowest BCUT2D eigenvalue weighted by atomic mass is 9.77. The van der Waals surface area contributed by atoms with Gasteiger partial charge in [0, 0.05) is 31.7 Å². The Kier molecular flexibility index (Phi) is 7.10. The van der Waals surface area contributed by atoms with Gasteiger partial charge in [0.15, 0.2) is 0 Å². The van der Waals surface area contributed by atoms with Crippen molar-refractivity contribution in [3.8, 4) is 5.75 Å². The first-order valence-corrected chi connectivity index (χ1v) is 12.8. The van der Waals surface area contributed by atoms with Crippen LogP contribution in [0.4, 0.5) is 5.69 Å². The summed E-state index contributed by atoms with van der Waals surface area (Å²) in [4.78, 5) is 18.5. The molecule has 3 aromatic rings. The van der Waals surface area contributed by atoms with Crippen LogP contribution in [0.3, 0.4) is 0 Å². The molecule has 36 heavy (non-hydrogen) atoms. The minimum Gasteiger partial charge on any atom is -0.494 e. The largest absolute Gasteiger partial charge is 0.494 e. The van der Waals surface area contributed by atoms with Crippen molar-refractivity contribution in [3.63, 3.8) is 0 Å². The number of hydrogen-bond donors (Lipinski definition) is 1. The van der Waals surface area contributed by atoms with Crippen LogP contribution in [0.1, 0.15) is 48.8 Å². The zero-order valence-electron chi connectivity index (χ0n) is 21.0. The van der Waals surface area contributed by atoms with Gasteiger partial charge in [0.2, 0.25) is 0 Å². The molecule has 3 unspecified atom stereocenters. The van der Waals surface area contributed by atoms with E-state index >= 15 is 0 Å². The monoisotopic (exact) mass is 486 g/mol. The van der Waals surface area contributed by atoms with Crippen molar-refractivity contribution in [2.75, 3.05) is 31.7 Å². The average molecular weight is 487 g/mol. The molecule has 1 amide bonds. The first-order valence-electron chi connectivity index (χ1n) is 12.8. The topological polar surface area (TPSA) is 62.2 Å². The summed E-state index contributed by atoms with van der Waals surface area (Å²) in [6.07, 6.45) is 1.23. The highest BCUT2D eigenvalue weighted by molar-refractivity contribution is 6.04. The van der Waals surface area contributed by atoms with Gasteiger partial charge in [0.1, 0.15) is 23.6 Å². The van der Waals surface area contributed by atoms with Gasteiger partial charge in [-0.3, -0.25) is 9.69 Å². The Hall–Kier alpha value is -3.19. The molecule has 3 atom stereocenters. The van der Waals surface area contributed by atoms with E-state index in [1.54, 1.807) is 0 Å². The molecule has 0 bridgehead atoms. The maximum Gasteiger partial charge on any atom is 0.251 e. The minimum atomic E-state index is -0.869. The van der Waals surface area contributed by atoms with Crippen LogP contribution in [0.15, 0.2) is 78.9 Å². The van der Waals surface area contributed by atoms with Crippen LogP contribution in [-0.4, -0.2) is 48.3 Å². The zero-order valence-corrected chi connectivity index (χ0v) is 21.0. The van der Waals surface area contributed by atoms with Crippen molar-refractivity contribution in [3.05, 3.63) is 95.6 Å². The highest BCUT2D eigenvalue weighted by Crippen LogP contribution is 2.53. The Bertz CT molecular complexity index is 1180. The third-order valence-electron chi connectivity index (χ3n) is 7.32. The van der Waals surface area contributed by atoms with E-state index in [2.05, 4.69) is 36.1 Å². The van der Waals surface area contributed by atoms with E-state index in [1.165, 1.54) is 0 Å². The standard InChI is InChI=1S/C30H34N2O4/c1-3-18-32-26-13-8-7-12-24(26)21-30(29(32)34)27(22-10-5-4-6-11-22)36-28(31(30)2)23-14-16-25(17-15-23)35-20-9-19-33/h4-8,10-17,27-28,33H,3,9,18-21H2,1-2H3. The maximum atomic E-state index is 14.4. The lowest BCUT2D eigenvalue weighted by molar-refractivity contribution is -0.131. The summed E-state index contributed by atoms with van der Waals surface area (Å²) in [6.45, 7) is 3.34. The minimum absolute atomic E-state index is 0.0888. The summed E-state index contributed by atoms with van der Waals surface area (Å²) >= 11 is 0. The second-order valence-electron chi connectivity index (χ2n) is 9.57. The Morgan fingerprint density at radius 3 is 2.44 bits per heavy atom. The molecule has 1 fully saturated rings. The molecule has 2 heterocycles. The zero-order chi connectivity index (χ0) is 25.1. The van der Waals surface area contributed by atoms with Crippen molar-refractivity contribution < 1.29 is 19.4 Å². The first-order chi connectivity index (χ1) is 17.6. The fourth-order valence-corrected chi connectivity index (χ4v) is 5.55. The maximum absolute atomic E-state index is 14.4. The van der Waals surface area contributed by atoms with Crippen molar-refractivity contribution in [1.29, 1.82) is 0 Å². The second kappa shape index (κ2) is 10.4. The number of ether oxygens (including phenoxy) is 2. The van der Waals surface area contributed by atoms with Crippen molar-refractivity contribution in [2.45, 2.75) is 44.1 Å². The number of aliphatic hydroxyl groups is 1. The normalized spacial score (nSPS) is 23.8. The highest BCUT2D eigenvalue weighted by Gasteiger charge is 2.61. The van der Waals surface area contributed by atoms with E-state index in [0.717, 1.165) is 34.5 Å². The predicted octanol–water partition coefficient (Wildman–Crippen LogP) is 4.89. The summed E-state index contributed by atoms with van der Waals surface area (Å²) in [5, 5.41) is 9.00. The van der Waals surface area contributed by atoms with Crippen LogP contribution in [0.2, 0.25) is 0 Å². The van der Waals surface area contributed by atoms with Crippen LogP contribution < -0.4 is 9.64 Å². The molecule has 5 rings (SSSR count). The quantitative estimate of drug-likeness (QED) is 0.460. The van der Waals surface area contributed by atoms with Gasteiger partial charge in [-0.15, -0.1) is 0 Å². The SMILES string of the molecule is CCCN1C(=O)C2(Cc3ccccc31)C(c1ccccc1)OC(c1ccc(OCCCO)cc1)N2C. The van der Waals surface area contributed by atoms with Gasteiger partial charge < -0.3 is 19.5 Å². The number of aliphatic hydroxyl groups excluding tert-OH is 1. The molecule has 0 aromatic heterocycles. The molecule has 2 aliphatic heterocycles. The predicted molar refractivity (Wildman–Crippen MR) is 140 cm³/mol. The van der Waals surface area contributed by atoms with Crippen LogP contribution in [-0.2, 0) is 16.0 Å². The summed E-state index contributed by atoms with van der Waals surface area (Å²) < 4.78 is 12.5. The van der Waals surface area contributed by atoms with E-state index in [0.29, 0.717) is 26.0 Å². The molecule has 6 nitrogen and oxygen atoms in total. The van der Waals surface area contributed by atoms with Crippen LogP contribution in [0.25, 0.3) is 0 Å². The fourth-order valence-electron chi connectivity index (χ4n) is 5.55. The third-order valence-corrected chi connectivity index (χ3v) is 7.32. The second-order valence-corrected chi connectivity index (χ2v) is 9.57. The van der Waals surface area contributed by atoms with Gasteiger partial charge in [-0.05, 0) is 48.4 Å². The number of anilines is 1. The number of likely N-dealkylation sites (N-methyl/N-ethyl adjacent to an activating group) is 1. The van der Waals surface area contributed by atoms with Gasteiger partial charge in [0.25, 0.3) is 5.91 Å². The Labute approximate surface area is 213 Å². The number of para-hydroxylation sites is 1. The van der Waals surface area contributed by atoms with E-state index in [4.69, 9.17) is 14.6 Å². The van der Waals surface area contributed by atoms with Gasteiger partial charge in [-0.25, -0.2) is 0 Å². The molecule has 0 aliphatic carbocycles. The number of amides is 1. The molecular weight excluding hydrogens is 452 g/mol. The Balaban J connectivity index is 1.56. The van der Waals surface area contributed by atoms with E-state index in [9.17, 15) is 4.79 Å². The first kappa shape index (κ1) is 24.5. The number of carbonyl (C=O) groups is 1. The van der Waals surface area contributed by atoms with Crippen LogP contribution in [0.5, 0.6) is 5.75 Å². The molecule has 6 heteroatoms. The number of carbonyl (C=O) groups excluding carboxylic acids is 1. The lowest BCUT2D eigenvalue weighted by Crippen LogP contribution is -2.62. The summed E-state index contributed by atoms with van der Waals surface area (Å²) in [5.74, 6) is 0.838. The lowest BCUT2D eigenvalue weighted by Gasteiger charge is -2.46. The van der Waals surface area contributed by atoms with E-state index in [1.807, 2.05) is 66.5 Å². The van der Waals surface area contributed by atoms with E-state index < -0.39 is 11.6 Å². The number of fused-ring (bicyclic) bond motifs is 1. The number of benzene rings is 3. The molecular formula is C30H34N2O4. The summed E-state index contributed by atoms with van der Waals surface area (Å²) in [6, 6.07) is 26.2. The summed E-state index contributed by atoms with van der Waals surface area (Å²) in [7, 11) is 2.01. The molecule has 0 saturated carbocycles. The van der Waals surface area contributed by atoms with Gasteiger partial charge in [0.05, 0.1) is 6.61 Å². The molecule has 1 N–H and O–H groups in total. The molecule has 188 valence electrons. The van der Waals surface area contributed by atoms with Gasteiger partial charge in [-0.1, -0.05) is 67.6 Å². The highest BCUT2D eigenvalue weighted by atomic mass is 16.5. The van der Waals surface area contributed by atoms with Crippen LogP contribution >= 0.6 is 0 Å². The van der Waals surface area contributed by atoms with E-state index in [-0.39, 0.29) is 18.7 Å². The Morgan fingerprint density at radius 2 is 1.72 bits per heavy atom. The van der Waals surface area contributed by atoms with Crippen molar-refractivity contribution >= 4 is 11.6 Å². The number of hydrogen-bond acceptors (Lipinski definition) is 5. The smallest absolute Gasteiger partial charge is 0.251 e. The summed E-state index contributed by atoms with van der Waals surface area (Å²) in [5.41, 5.74) is 3.27. The fraction of sp³-hybridized carbons (Fsp3) is 0.367. The third kappa shape index (κ3) is 4.19. The molecule has 1 spiro atoms. The molecule has 0 radical (unpaired) electrons. The van der Waals surface area contributed by atoms with Crippen molar-refractivity contribution in [2.24, 2.45) is 0 Å². The van der Waals surface area contributed by atoms with Gasteiger partial charge in [-0.2, -0.15) is 0 Å². The molecule has 2 aliphatic rings. The number of nitrogens with zero attached hydrogens (tertiary/aromatic N) is 2. The molecule has 1 saturated heterocycles.